The van der Waals surface area contributed by atoms with Gasteiger partial charge in [-0.3, -0.25) is 9.52 Å². The number of amides is 3. The zero-order valence-corrected chi connectivity index (χ0v) is 15.7. The Morgan fingerprint density at radius 2 is 1.63 bits per heavy atom. The summed E-state index contributed by atoms with van der Waals surface area (Å²) in [5, 5.41) is 2.95. The predicted molar refractivity (Wildman–Crippen MR) is 104 cm³/mol. The summed E-state index contributed by atoms with van der Waals surface area (Å²) in [6, 6.07) is 7.93. The second-order valence-electron chi connectivity index (χ2n) is 6.95. The third-order valence-electron chi connectivity index (χ3n) is 5.23. The van der Waals surface area contributed by atoms with Gasteiger partial charge >= 0.3 is 6.03 Å². The summed E-state index contributed by atoms with van der Waals surface area (Å²) in [6.07, 6.45) is 6.21. The van der Waals surface area contributed by atoms with Crippen LogP contribution in [-0.2, 0) is 36.7 Å². The summed E-state index contributed by atoms with van der Waals surface area (Å²) in [7, 11) is -1.78. The minimum absolute atomic E-state index is 0.252. The maximum Gasteiger partial charge on any atom is 0.331 e. The highest BCUT2D eigenvalue weighted by Crippen LogP contribution is 2.38. The maximum absolute atomic E-state index is 12.5. The molecule has 0 aliphatic heterocycles. The fraction of sp³-hybridized carbons (Fsp3) is 0.300. The van der Waals surface area contributed by atoms with Crippen molar-refractivity contribution in [2.45, 2.75) is 43.4 Å². The molecule has 0 fully saturated rings. The van der Waals surface area contributed by atoms with Gasteiger partial charge < -0.3 is 11.1 Å². The summed E-state index contributed by atoms with van der Waals surface area (Å²) in [4.78, 5) is 24.1. The quantitative estimate of drug-likeness (QED) is 0.756. The van der Waals surface area contributed by atoms with Gasteiger partial charge in [0.05, 0.1) is 4.90 Å². The van der Waals surface area contributed by atoms with Gasteiger partial charge in [0.15, 0.2) is 11.0 Å². The monoisotopic (exact) mass is 383 g/mol. The number of carbonyl (C=O) groups is 2. The fourth-order valence-electron chi connectivity index (χ4n) is 4.01. The van der Waals surface area contributed by atoms with Crippen LogP contribution in [0.2, 0.25) is 0 Å². The average molecular weight is 383 g/mol. The number of hydrogen-bond acceptors (Lipinski definition) is 3. The van der Waals surface area contributed by atoms with Crippen LogP contribution in [0.4, 0.5) is 10.5 Å². The molecule has 7 heteroatoms. The summed E-state index contributed by atoms with van der Waals surface area (Å²) >= 11 is 0. The number of benzene rings is 2. The van der Waals surface area contributed by atoms with Crippen LogP contribution in [0.1, 0.15) is 45.5 Å². The van der Waals surface area contributed by atoms with Crippen molar-refractivity contribution in [3.8, 4) is 0 Å². The first-order valence-corrected chi connectivity index (χ1v) is 10.2. The van der Waals surface area contributed by atoms with Crippen molar-refractivity contribution in [1.29, 1.82) is 0 Å². The fourth-order valence-corrected chi connectivity index (χ4v) is 4.79. The van der Waals surface area contributed by atoms with Crippen molar-refractivity contribution in [1.82, 2.24) is 4.72 Å². The number of fused-ring (bicyclic) bond motifs is 2. The lowest BCUT2D eigenvalue weighted by atomic mass is 9.99. The van der Waals surface area contributed by atoms with Gasteiger partial charge in [-0.2, -0.15) is 0 Å². The van der Waals surface area contributed by atoms with Gasteiger partial charge in [0.2, 0.25) is 5.91 Å². The largest absolute Gasteiger partial charge is 0.366 e. The Bertz CT molecular complexity index is 939. The normalized spacial score (nSPS) is 15.7. The SMILES string of the molecule is NC(=O)c1cccc(S(=O)NC(=O)Nc2c3c(cc4c2CCC4)CCC3)c1. The first kappa shape index (κ1) is 17.7. The zero-order chi connectivity index (χ0) is 19.0. The second kappa shape index (κ2) is 7.15. The molecule has 0 saturated heterocycles. The molecule has 4 rings (SSSR count). The van der Waals surface area contributed by atoms with Crippen molar-refractivity contribution >= 4 is 28.6 Å². The predicted octanol–water partition coefficient (Wildman–Crippen LogP) is 2.61. The number of anilines is 1. The minimum Gasteiger partial charge on any atom is -0.366 e. The lowest BCUT2D eigenvalue weighted by Crippen LogP contribution is -2.31. The van der Waals surface area contributed by atoms with Crippen LogP contribution in [0.25, 0.3) is 0 Å². The number of nitrogens with two attached hydrogens (primary N) is 1. The van der Waals surface area contributed by atoms with E-state index in [1.165, 1.54) is 28.3 Å². The van der Waals surface area contributed by atoms with Crippen LogP contribution in [0.15, 0.2) is 35.2 Å². The van der Waals surface area contributed by atoms with Gasteiger partial charge in [0.1, 0.15) is 0 Å². The molecule has 2 aliphatic rings. The number of rotatable bonds is 4. The molecule has 3 amide bonds. The van der Waals surface area contributed by atoms with E-state index in [1.807, 2.05) is 0 Å². The molecule has 0 heterocycles. The molecule has 0 saturated carbocycles. The Labute approximate surface area is 160 Å². The summed E-state index contributed by atoms with van der Waals surface area (Å²) in [5.74, 6) is -0.603. The number of primary amides is 1. The third kappa shape index (κ3) is 3.47. The van der Waals surface area contributed by atoms with Gasteiger partial charge in [-0.25, -0.2) is 9.00 Å². The van der Waals surface area contributed by atoms with Crippen LogP contribution in [-0.4, -0.2) is 16.1 Å². The van der Waals surface area contributed by atoms with E-state index in [2.05, 4.69) is 16.1 Å². The highest BCUT2D eigenvalue weighted by atomic mass is 32.2. The zero-order valence-electron chi connectivity index (χ0n) is 14.8. The molecule has 140 valence electrons. The van der Waals surface area contributed by atoms with Crippen LogP contribution in [0.3, 0.4) is 0 Å². The molecule has 27 heavy (non-hydrogen) atoms. The lowest BCUT2D eigenvalue weighted by Gasteiger charge is -2.16. The Hall–Kier alpha value is -2.67. The molecule has 0 aromatic heterocycles. The van der Waals surface area contributed by atoms with E-state index in [0.29, 0.717) is 4.90 Å². The van der Waals surface area contributed by atoms with E-state index in [4.69, 9.17) is 5.73 Å². The van der Waals surface area contributed by atoms with E-state index >= 15 is 0 Å². The van der Waals surface area contributed by atoms with Crippen molar-refractivity contribution in [3.05, 3.63) is 58.1 Å². The van der Waals surface area contributed by atoms with Gasteiger partial charge in [-0.1, -0.05) is 12.1 Å². The Kier molecular flexibility index (Phi) is 4.70. The molecular weight excluding hydrogens is 362 g/mol. The van der Waals surface area contributed by atoms with Crippen LogP contribution in [0.5, 0.6) is 0 Å². The Morgan fingerprint density at radius 3 is 2.26 bits per heavy atom. The van der Waals surface area contributed by atoms with E-state index in [0.717, 1.165) is 44.2 Å². The van der Waals surface area contributed by atoms with Gasteiger partial charge in [-0.15, -0.1) is 0 Å². The van der Waals surface area contributed by atoms with E-state index in [1.54, 1.807) is 18.2 Å². The van der Waals surface area contributed by atoms with Crippen LogP contribution >= 0.6 is 0 Å². The minimum atomic E-state index is -1.78. The lowest BCUT2D eigenvalue weighted by molar-refractivity contribution is 0.1000. The van der Waals surface area contributed by atoms with E-state index < -0.39 is 22.9 Å². The molecule has 4 N–H and O–H groups in total. The van der Waals surface area contributed by atoms with E-state index in [9.17, 15) is 13.8 Å². The Balaban J connectivity index is 1.53. The number of aryl methyl sites for hydroxylation is 2. The van der Waals surface area contributed by atoms with Crippen molar-refractivity contribution in [2.24, 2.45) is 5.73 Å². The second-order valence-corrected chi connectivity index (χ2v) is 8.16. The Morgan fingerprint density at radius 1 is 0.963 bits per heavy atom. The third-order valence-corrected chi connectivity index (χ3v) is 6.28. The van der Waals surface area contributed by atoms with Crippen LogP contribution in [0, 0.1) is 0 Å². The highest BCUT2D eigenvalue weighted by Gasteiger charge is 2.25. The van der Waals surface area contributed by atoms with Gasteiger partial charge in [0.25, 0.3) is 0 Å². The number of carbonyl (C=O) groups excluding carboxylic acids is 2. The number of urea groups is 1. The molecule has 0 radical (unpaired) electrons. The first-order chi connectivity index (χ1) is 13.0. The summed E-state index contributed by atoms with van der Waals surface area (Å²) < 4.78 is 14.9. The maximum atomic E-state index is 12.5. The molecule has 1 atom stereocenters. The van der Waals surface area contributed by atoms with Crippen molar-refractivity contribution < 1.29 is 13.8 Å². The van der Waals surface area contributed by atoms with Crippen LogP contribution < -0.4 is 15.8 Å². The molecule has 1 unspecified atom stereocenters. The molecular formula is C20H21N3O3S. The molecule has 6 nitrogen and oxygen atoms in total. The molecule has 2 aromatic carbocycles. The molecule has 0 spiro atoms. The smallest absolute Gasteiger partial charge is 0.331 e. The topological polar surface area (TPSA) is 101 Å². The van der Waals surface area contributed by atoms with Crippen molar-refractivity contribution in [3.63, 3.8) is 0 Å². The molecule has 0 bridgehead atoms. The number of nitrogens with one attached hydrogen (secondary N) is 2. The highest BCUT2D eigenvalue weighted by molar-refractivity contribution is 7.83. The van der Waals surface area contributed by atoms with E-state index in [-0.39, 0.29) is 5.56 Å². The summed E-state index contributed by atoms with van der Waals surface area (Å²) in [5.41, 5.74) is 11.5. The molecule has 2 aromatic rings. The van der Waals surface area contributed by atoms with Crippen molar-refractivity contribution in [2.75, 3.05) is 5.32 Å². The standard InChI is InChI=1S/C20H21N3O3S/c21-19(24)14-6-1-7-15(11-14)27(26)23-20(25)22-18-16-8-2-4-12(16)10-13-5-3-9-17(13)18/h1,6-7,10-11H,2-5,8-9H2,(H2,21,24)(H2,22,23,25). The van der Waals surface area contributed by atoms with Gasteiger partial charge in [0, 0.05) is 11.3 Å². The number of hydrogen-bond donors (Lipinski definition) is 3. The summed E-state index contributed by atoms with van der Waals surface area (Å²) in [6.45, 7) is 0. The molecule has 2 aliphatic carbocycles. The first-order valence-electron chi connectivity index (χ1n) is 9.08. The average Bonchev–Trinajstić information content (AvgIpc) is 3.30. The van der Waals surface area contributed by atoms with Gasteiger partial charge in [-0.05, 0) is 79.0 Å².